The van der Waals surface area contributed by atoms with E-state index in [9.17, 15) is 0 Å². The molecule has 0 saturated heterocycles. The first-order valence-corrected chi connectivity index (χ1v) is 9.97. The molecular formula is C24H22NS+. The number of aromatic nitrogens is 1. The molecule has 2 aromatic carbocycles. The van der Waals surface area contributed by atoms with Gasteiger partial charge >= 0.3 is 0 Å². The van der Waals surface area contributed by atoms with E-state index in [0.717, 1.165) is 6.54 Å². The zero-order chi connectivity index (χ0) is 17.9. The third-order valence-corrected chi connectivity index (χ3v) is 6.48. The van der Waals surface area contributed by atoms with Gasteiger partial charge in [-0.3, -0.25) is 0 Å². The fourth-order valence-corrected chi connectivity index (χ4v) is 4.94. The van der Waals surface area contributed by atoms with Crippen LogP contribution in [0, 0.1) is 0 Å². The van der Waals surface area contributed by atoms with E-state index in [4.69, 9.17) is 0 Å². The Labute approximate surface area is 158 Å². The summed E-state index contributed by atoms with van der Waals surface area (Å²) < 4.78 is 3.77. The van der Waals surface area contributed by atoms with E-state index >= 15 is 0 Å². The lowest BCUT2D eigenvalue weighted by molar-refractivity contribution is -0.670. The summed E-state index contributed by atoms with van der Waals surface area (Å²) in [6, 6.07) is 22.4. The van der Waals surface area contributed by atoms with Gasteiger partial charge in [0.25, 0.3) is 0 Å². The summed E-state index contributed by atoms with van der Waals surface area (Å²) in [4.78, 5) is 1.34. The minimum atomic E-state index is 0.187. The van der Waals surface area contributed by atoms with Crippen molar-refractivity contribution < 1.29 is 4.57 Å². The van der Waals surface area contributed by atoms with Crippen LogP contribution in [0.25, 0.3) is 31.8 Å². The summed E-state index contributed by atoms with van der Waals surface area (Å²) in [6.07, 6.45) is 2.25. The zero-order valence-electron chi connectivity index (χ0n) is 15.4. The molecule has 0 radical (unpaired) electrons. The van der Waals surface area contributed by atoms with Gasteiger partial charge in [0.2, 0.25) is 5.69 Å². The SMILES string of the molecule is CC(C)(C)c1ccc2c(c1)C[n+]1ccc3sc(-c4ccccc4)cc3c1-2. The van der Waals surface area contributed by atoms with E-state index in [1.165, 1.54) is 42.9 Å². The van der Waals surface area contributed by atoms with Gasteiger partial charge < -0.3 is 0 Å². The maximum Gasteiger partial charge on any atom is 0.222 e. The molecule has 4 aromatic rings. The summed E-state index contributed by atoms with van der Waals surface area (Å²) >= 11 is 1.89. The van der Waals surface area contributed by atoms with Crippen LogP contribution in [0.1, 0.15) is 31.9 Å². The van der Waals surface area contributed by atoms with Gasteiger partial charge in [0.15, 0.2) is 12.7 Å². The summed E-state index contributed by atoms with van der Waals surface area (Å²) in [5.41, 5.74) is 7.10. The van der Waals surface area contributed by atoms with Gasteiger partial charge in [-0.15, -0.1) is 11.3 Å². The average molecular weight is 357 g/mol. The smallest absolute Gasteiger partial charge is 0.193 e. The number of hydrogen-bond donors (Lipinski definition) is 0. The maximum absolute atomic E-state index is 2.40. The van der Waals surface area contributed by atoms with Gasteiger partial charge in [-0.05, 0) is 34.7 Å². The van der Waals surface area contributed by atoms with Crippen LogP contribution in [0.15, 0.2) is 66.9 Å². The number of rotatable bonds is 1. The minimum absolute atomic E-state index is 0.187. The zero-order valence-corrected chi connectivity index (χ0v) is 16.2. The van der Waals surface area contributed by atoms with Gasteiger partial charge in [0.05, 0.1) is 10.9 Å². The van der Waals surface area contributed by atoms with E-state index in [-0.39, 0.29) is 5.41 Å². The fraction of sp³-hybridized carbons (Fsp3) is 0.208. The summed E-state index contributed by atoms with van der Waals surface area (Å²) in [6.45, 7) is 7.83. The number of fused-ring (bicyclic) bond motifs is 5. The standard InChI is InChI=1S/C24H22NS/c1-24(2,3)18-9-10-19-17(13-18)15-25-12-11-21-20(23(19)25)14-22(26-21)16-7-5-4-6-8-16/h4-14H,15H2,1-3H3/q+1. The Morgan fingerprint density at radius 1 is 0.923 bits per heavy atom. The molecule has 0 bridgehead atoms. The Hall–Kier alpha value is -2.45. The molecule has 0 amide bonds. The predicted molar refractivity (Wildman–Crippen MR) is 111 cm³/mol. The second-order valence-corrected chi connectivity index (χ2v) is 9.25. The third-order valence-electron chi connectivity index (χ3n) is 5.33. The second kappa shape index (κ2) is 5.52. The highest BCUT2D eigenvalue weighted by atomic mass is 32.1. The van der Waals surface area contributed by atoms with E-state index in [1.54, 1.807) is 0 Å². The van der Waals surface area contributed by atoms with Gasteiger partial charge in [-0.2, -0.15) is 4.57 Å². The van der Waals surface area contributed by atoms with Crippen LogP contribution in [-0.2, 0) is 12.0 Å². The van der Waals surface area contributed by atoms with Crippen LogP contribution in [-0.4, -0.2) is 0 Å². The van der Waals surface area contributed by atoms with Gasteiger partial charge in [-0.1, -0.05) is 57.2 Å². The Morgan fingerprint density at radius 3 is 2.50 bits per heavy atom. The first-order chi connectivity index (χ1) is 12.5. The number of hydrogen-bond acceptors (Lipinski definition) is 1. The van der Waals surface area contributed by atoms with Gasteiger partial charge in [0, 0.05) is 21.2 Å². The van der Waals surface area contributed by atoms with E-state index < -0.39 is 0 Å². The summed E-state index contributed by atoms with van der Waals surface area (Å²) in [5.74, 6) is 0. The molecule has 0 unspecified atom stereocenters. The molecule has 0 N–H and O–H groups in total. The van der Waals surface area contributed by atoms with Gasteiger partial charge in [0.1, 0.15) is 0 Å². The van der Waals surface area contributed by atoms with Crippen molar-refractivity contribution in [3.63, 3.8) is 0 Å². The number of pyridine rings is 1. The molecule has 0 spiro atoms. The van der Waals surface area contributed by atoms with E-state index in [1.807, 2.05) is 11.3 Å². The molecule has 3 heterocycles. The Bertz CT molecular complexity index is 1130. The molecule has 1 nitrogen and oxygen atoms in total. The highest BCUT2D eigenvalue weighted by Gasteiger charge is 2.30. The summed E-state index contributed by atoms with van der Waals surface area (Å²) in [7, 11) is 0. The van der Waals surface area contributed by atoms with Gasteiger partial charge in [-0.25, -0.2) is 0 Å². The lowest BCUT2D eigenvalue weighted by Gasteiger charge is -2.19. The normalized spacial score (nSPS) is 13.0. The van der Waals surface area contributed by atoms with Crippen LogP contribution in [0.3, 0.4) is 0 Å². The van der Waals surface area contributed by atoms with Crippen LogP contribution < -0.4 is 4.57 Å². The Morgan fingerprint density at radius 2 is 1.73 bits per heavy atom. The summed E-state index contributed by atoms with van der Waals surface area (Å²) in [5, 5.41) is 1.37. The van der Waals surface area contributed by atoms with Crippen molar-refractivity contribution in [1.29, 1.82) is 0 Å². The van der Waals surface area contributed by atoms with E-state index in [0.29, 0.717) is 0 Å². The minimum Gasteiger partial charge on any atom is -0.193 e. The molecular weight excluding hydrogens is 334 g/mol. The van der Waals surface area contributed by atoms with Crippen LogP contribution in [0.4, 0.5) is 0 Å². The molecule has 0 atom stereocenters. The Kier molecular flexibility index (Phi) is 3.35. The average Bonchev–Trinajstić information content (AvgIpc) is 3.21. The molecule has 1 aliphatic heterocycles. The molecule has 2 heteroatoms. The molecule has 0 fully saturated rings. The van der Waals surface area contributed by atoms with Crippen LogP contribution in [0.2, 0.25) is 0 Å². The highest BCUT2D eigenvalue weighted by Crippen LogP contribution is 2.40. The van der Waals surface area contributed by atoms with E-state index in [2.05, 4.69) is 92.2 Å². The molecule has 1 aliphatic rings. The van der Waals surface area contributed by atoms with Crippen LogP contribution >= 0.6 is 11.3 Å². The molecule has 0 aliphatic carbocycles. The van der Waals surface area contributed by atoms with Crippen molar-refractivity contribution in [2.45, 2.75) is 32.7 Å². The lowest BCUT2D eigenvalue weighted by atomic mass is 9.85. The monoisotopic (exact) mass is 356 g/mol. The Balaban J connectivity index is 1.70. The van der Waals surface area contributed by atoms with Crippen molar-refractivity contribution in [3.05, 3.63) is 78.0 Å². The quantitative estimate of drug-likeness (QED) is 0.316. The fourth-order valence-electron chi connectivity index (χ4n) is 3.88. The highest BCUT2D eigenvalue weighted by molar-refractivity contribution is 7.22. The predicted octanol–water partition coefficient (Wildman–Crippen LogP) is 6.18. The van der Waals surface area contributed by atoms with Crippen molar-refractivity contribution >= 4 is 21.4 Å². The number of benzene rings is 2. The largest absolute Gasteiger partial charge is 0.222 e. The van der Waals surface area contributed by atoms with Crippen LogP contribution in [0.5, 0.6) is 0 Å². The maximum atomic E-state index is 2.40. The van der Waals surface area contributed by atoms with Crippen molar-refractivity contribution in [2.24, 2.45) is 0 Å². The molecule has 26 heavy (non-hydrogen) atoms. The third kappa shape index (κ3) is 2.40. The first kappa shape index (κ1) is 15.8. The topological polar surface area (TPSA) is 3.88 Å². The molecule has 128 valence electrons. The van der Waals surface area contributed by atoms with Crippen molar-refractivity contribution in [3.8, 4) is 21.7 Å². The first-order valence-electron chi connectivity index (χ1n) is 9.16. The lowest BCUT2D eigenvalue weighted by Crippen LogP contribution is -2.31. The van der Waals surface area contributed by atoms with Crippen molar-refractivity contribution in [2.75, 3.05) is 0 Å². The molecule has 2 aromatic heterocycles. The molecule has 0 saturated carbocycles. The number of nitrogens with zero attached hydrogens (tertiary/aromatic N) is 1. The molecule has 5 rings (SSSR count). The number of thiophene rings is 1. The van der Waals surface area contributed by atoms with Crippen molar-refractivity contribution in [1.82, 2.24) is 0 Å². The second-order valence-electron chi connectivity index (χ2n) is 8.17.